The number of nitrogens with zero attached hydrogens (tertiary/aromatic N) is 1. The SMILES string of the molecule is CCCCCC(CCCCC)NC1CCCC1C#N. The Kier molecular flexibility index (Phi) is 8.91. The lowest BCUT2D eigenvalue weighted by Crippen LogP contribution is -2.40. The maximum Gasteiger partial charge on any atom is 0.0672 e. The number of hydrogen-bond donors (Lipinski definition) is 1. The van der Waals surface area contributed by atoms with E-state index < -0.39 is 0 Å². The van der Waals surface area contributed by atoms with Gasteiger partial charge in [0.2, 0.25) is 0 Å². The Morgan fingerprint density at radius 3 is 2.21 bits per heavy atom. The summed E-state index contributed by atoms with van der Waals surface area (Å²) < 4.78 is 0. The largest absolute Gasteiger partial charge is 0.310 e. The Labute approximate surface area is 120 Å². The third kappa shape index (κ3) is 6.43. The van der Waals surface area contributed by atoms with Gasteiger partial charge in [-0.1, -0.05) is 58.8 Å². The van der Waals surface area contributed by atoms with Crippen molar-refractivity contribution in [2.24, 2.45) is 5.92 Å². The first kappa shape index (κ1) is 16.5. The van der Waals surface area contributed by atoms with Gasteiger partial charge < -0.3 is 5.32 Å². The zero-order chi connectivity index (χ0) is 13.9. The lowest BCUT2D eigenvalue weighted by atomic mass is 9.98. The first-order valence-corrected chi connectivity index (χ1v) is 8.47. The fourth-order valence-corrected chi connectivity index (χ4v) is 3.21. The summed E-state index contributed by atoms with van der Waals surface area (Å²) in [7, 11) is 0. The highest BCUT2D eigenvalue weighted by Crippen LogP contribution is 2.26. The minimum absolute atomic E-state index is 0.264. The van der Waals surface area contributed by atoms with Crippen molar-refractivity contribution in [2.75, 3.05) is 0 Å². The van der Waals surface area contributed by atoms with Crippen molar-refractivity contribution in [1.82, 2.24) is 5.32 Å². The minimum atomic E-state index is 0.264. The van der Waals surface area contributed by atoms with E-state index in [0.717, 1.165) is 6.42 Å². The molecule has 2 atom stereocenters. The molecule has 1 saturated carbocycles. The average molecular weight is 264 g/mol. The van der Waals surface area contributed by atoms with Crippen molar-refractivity contribution in [3.8, 4) is 6.07 Å². The fourth-order valence-electron chi connectivity index (χ4n) is 3.21. The van der Waals surface area contributed by atoms with Crippen molar-refractivity contribution in [3.05, 3.63) is 0 Å². The molecular weight excluding hydrogens is 232 g/mol. The topological polar surface area (TPSA) is 35.8 Å². The molecule has 0 aliphatic heterocycles. The van der Waals surface area contributed by atoms with Crippen LogP contribution < -0.4 is 5.32 Å². The second-order valence-corrected chi connectivity index (χ2v) is 6.13. The number of rotatable bonds is 10. The van der Waals surface area contributed by atoms with Crippen molar-refractivity contribution >= 4 is 0 Å². The summed E-state index contributed by atoms with van der Waals surface area (Å²) in [6.45, 7) is 4.53. The van der Waals surface area contributed by atoms with Crippen LogP contribution in [0, 0.1) is 17.2 Å². The third-order valence-corrected chi connectivity index (χ3v) is 4.44. The van der Waals surface area contributed by atoms with E-state index >= 15 is 0 Å². The van der Waals surface area contributed by atoms with Gasteiger partial charge in [-0.15, -0.1) is 0 Å². The molecule has 0 aromatic carbocycles. The molecule has 1 aliphatic rings. The molecular formula is C17H32N2. The molecule has 0 aromatic heterocycles. The van der Waals surface area contributed by atoms with E-state index in [-0.39, 0.29) is 5.92 Å². The van der Waals surface area contributed by atoms with Crippen LogP contribution in [0.5, 0.6) is 0 Å². The van der Waals surface area contributed by atoms with E-state index in [0.29, 0.717) is 12.1 Å². The van der Waals surface area contributed by atoms with Crippen LogP contribution in [0.25, 0.3) is 0 Å². The number of nitrogens with one attached hydrogen (secondary N) is 1. The summed E-state index contributed by atoms with van der Waals surface area (Å²) in [6, 6.07) is 3.61. The zero-order valence-electron chi connectivity index (χ0n) is 13.0. The van der Waals surface area contributed by atoms with Crippen molar-refractivity contribution < 1.29 is 0 Å². The standard InChI is InChI=1S/C17H32N2/c1-3-5-7-11-16(12-8-6-4-2)19-17-13-9-10-15(17)14-18/h15-17,19H,3-13H2,1-2H3. The van der Waals surface area contributed by atoms with E-state index in [1.165, 1.54) is 64.2 Å². The molecule has 0 bridgehead atoms. The second-order valence-electron chi connectivity index (χ2n) is 6.13. The lowest BCUT2D eigenvalue weighted by molar-refractivity contribution is 0.349. The quantitative estimate of drug-likeness (QED) is 0.575. The molecule has 2 nitrogen and oxygen atoms in total. The van der Waals surface area contributed by atoms with Crippen LogP contribution >= 0.6 is 0 Å². The molecule has 0 saturated heterocycles. The van der Waals surface area contributed by atoms with Gasteiger partial charge >= 0.3 is 0 Å². The normalized spacial score (nSPS) is 22.8. The van der Waals surface area contributed by atoms with Gasteiger partial charge in [0, 0.05) is 12.1 Å². The molecule has 1 fully saturated rings. The van der Waals surface area contributed by atoms with Gasteiger partial charge in [-0.2, -0.15) is 5.26 Å². The van der Waals surface area contributed by atoms with E-state index in [9.17, 15) is 5.26 Å². The minimum Gasteiger partial charge on any atom is -0.310 e. The summed E-state index contributed by atoms with van der Waals surface area (Å²) in [5.74, 6) is 0.264. The van der Waals surface area contributed by atoms with E-state index in [1.807, 2.05) is 0 Å². The summed E-state index contributed by atoms with van der Waals surface area (Å²) in [5, 5.41) is 13.0. The predicted octanol–water partition coefficient (Wildman–Crippen LogP) is 4.80. The maximum atomic E-state index is 9.19. The van der Waals surface area contributed by atoms with Crippen molar-refractivity contribution in [2.45, 2.75) is 96.6 Å². The molecule has 110 valence electrons. The molecule has 2 heteroatoms. The Hall–Kier alpha value is -0.550. The van der Waals surface area contributed by atoms with Gasteiger partial charge in [-0.05, 0) is 25.7 Å². The van der Waals surface area contributed by atoms with E-state index in [2.05, 4.69) is 25.2 Å². The van der Waals surface area contributed by atoms with E-state index in [4.69, 9.17) is 0 Å². The first-order valence-electron chi connectivity index (χ1n) is 8.47. The zero-order valence-corrected chi connectivity index (χ0v) is 13.0. The fraction of sp³-hybridized carbons (Fsp3) is 0.941. The third-order valence-electron chi connectivity index (χ3n) is 4.44. The average Bonchev–Trinajstić information content (AvgIpc) is 2.86. The summed E-state index contributed by atoms with van der Waals surface area (Å²) in [4.78, 5) is 0. The van der Waals surface area contributed by atoms with Gasteiger partial charge in [0.1, 0.15) is 0 Å². The van der Waals surface area contributed by atoms with Crippen molar-refractivity contribution in [1.29, 1.82) is 5.26 Å². The molecule has 0 radical (unpaired) electrons. The van der Waals surface area contributed by atoms with Crippen molar-refractivity contribution in [3.63, 3.8) is 0 Å². The highest BCUT2D eigenvalue weighted by molar-refractivity contribution is 4.97. The number of unbranched alkanes of at least 4 members (excludes halogenated alkanes) is 4. The highest BCUT2D eigenvalue weighted by atomic mass is 15.0. The Bertz CT molecular complexity index is 246. The number of nitriles is 1. The van der Waals surface area contributed by atoms with Crippen LogP contribution in [-0.4, -0.2) is 12.1 Å². The van der Waals surface area contributed by atoms with Crippen LogP contribution in [-0.2, 0) is 0 Å². The molecule has 19 heavy (non-hydrogen) atoms. The molecule has 0 aromatic rings. The lowest BCUT2D eigenvalue weighted by Gasteiger charge is -2.25. The predicted molar refractivity (Wildman–Crippen MR) is 81.9 cm³/mol. The summed E-state index contributed by atoms with van der Waals surface area (Å²) >= 11 is 0. The van der Waals surface area contributed by atoms with Crippen LogP contribution in [0.3, 0.4) is 0 Å². The summed E-state index contributed by atoms with van der Waals surface area (Å²) in [5.41, 5.74) is 0. The second kappa shape index (κ2) is 10.3. The maximum absolute atomic E-state index is 9.19. The van der Waals surface area contributed by atoms with Crippen LogP contribution in [0.2, 0.25) is 0 Å². The Balaban J connectivity index is 2.36. The molecule has 0 amide bonds. The summed E-state index contributed by atoms with van der Waals surface area (Å²) in [6.07, 6.45) is 14.1. The van der Waals surface area contributed by atoms with Crippen LogP contribution in [0.1, 0.15) is 84.5 Å². The Morgan fingerprint density at radius 1 is 1.05 bits per heavy atom. The van der Waals surface area contributed by atoms with Gasteiger partial charge in [0.25, 0.3) is 0 Å². The van der Waals surface area contributed by atoms with Gasteiger partial charge in [0.05, 0.1) is 12.0 Å². The van der Waals surface area contributed by atoms with Gasteiger partial charge in [-0.3, -0.25) is 0 Å². The van der Waals surface area contributed by atoms with Crippen LogP contribution in [0.15, 0.2) is 0 Å². The smallest absolute Gasteiger partial charge is 0.0672 e. The molecule has 1 aliphatic carbocycles. The number of hydrogen-bond acceptors (Lipinski definition) is 2. The monoisotopic (exact) mass is 264 g/mol. The molecule has 0 heterocycles. The van der Waals surface area contributed by atoms with Gasteiger partial charge in [-0.25, -0.2) is 0 Å². The molecule has 1 N–H and O–H groups in total. The van der Waals surface area contributed by atoms with Gasteiger partial charge in [0.15, 0.2) is 0 Å². The highest BCUT2D eigenvalue weighted by Gasteiger charge is 2.28. The molecule has 0 spiro atoms. The molecule has 1 rings (SSSR count). The molecule has 2 unspecified atom stereocenters. The first-order chi connectivity index (χ1) is 9.31. The van der Waals surface area contributed by atoms with E-state index in [1.54, 1.807) is 0 Å². The van der Waals surface area contributed by atoms with Crippen LogP contribution in [0.4, 0.5) is 0 Å². The Morgan fingerprint density at radius 2 is 1.68 bits per heavy atom.